The Labute approximate surface area is 141 Å². The van der Waals surface area contributed by atoms with Crippen LogP contribution in [0.2, 0.25) is 0 Å². The number of aryl methyl sites for hydroxylation is 1. The number of ether oxygens (including phenoxy) is 1. The van der Waals surface area contributed by atoms with Crippen LogP contribution in [0.15, 0.2) is 24.5 Å². The lowest BCUT2D eigenvalue weighted by atomic mass is 10.1. The van der Waals surface area contributed by atoms with Gasteiger partial charge in [-0.2, -0.15) is 0 Å². The number of hydrogen-bond acceptors (Lipinski definition) is 3. The molecule has 130 valence electrons. The molecule has 3 nitrogen and oxygen atoms in total. The van der Waals surface area contributed by atoms with Crippen molar-refractivity contribution in [3.63, 3.8) is 0 Å². The average molecular weight is 319 g/mol. The molecule has 0 N–H and O–H groups in total. The molecule has 0 saturated heterocycles. The molecule has 0 radical (unpaired) electrons. The Kier molecular flexibility index (Phi) is 12.2. The van der Waals surface area contributed by atoms with E-state index in [0.29, 0.717) is 19.4 Å². The van der Waals surface area contributed by atoms with Crippen molar-refractivity contribution in [3.05, 3.63) is 30.1 Å². The maximum absolute atomic E-state index is 11.6. The van der Waals surface area contributed by atoms with Crippen LogP contribution in [-0.4, -0.2) is 17.6 Å². The first-order valence-electron chi connectivity index (χ1n) is 9.37. The van der Waals surface area contributed by atoms with Crippen molar-refractivity contribution in [1.29, 1.82) is 0 Å². The van der Waals surface area contributed by atoms with E-state index < -0.39 is 0 Å². The molecule has 1 heterocycles. The molecule has 0 aliphatic carbocycles. The maximum atomic E-state index is 11.6. The topological polar surface area (TPSA) is 39.2 Å². The molecule has 0 atom stereocenters. The lowest BCUT2D eigenvalue weighted by Gasteiger charge is -2.05. The van der Waals surface area contributed by atoms with Gasteiger partial charge in [0.25, 0.3) is 0 Å². The lowest BCUT2D eigenvalue weighted by molar-refractivity contribution is -0.143. The van der Waals surface area contributed by atoms with E-state index in [2.05, 4.69) is 11.9 Å². The van der Waals surface area contributed by atoms with E-state index in [1.807, 2.05) is 12.1 Å². The van der Waals surface area contributed by atoms with Crippen molar-refractivity contribution < 1.29 is 9.53 Å². The van der Waals surface area contributed by atoms with Crippen LogP contribution < -0.4 is 0 Å². The fourth-order valence-corrected chi connectivity index (χ4v) is 2.64. The molecule has 0 bridgehead atoms. The molecule has 1 rings (SSSR count). The van der Waals surface area contributed by atoms with Crippen LogP contribution in [0.1, 0.15) is 83.1 Å². The number of esters is 1. The standard InChI is InChI=1S/C20H33NO2/c1-2-3-4-5-6-7-8-9-10-11-17-23-20(22)15-14-19-13-12-16-21-18-19/h12-13,16,18H,2-11,14-15,17H2,1H3. The van der Waals surface area contributed by atoms with Gasteiger partial charge in [0.1, 0.15) is 0 Å². The highest BCUT2D eigenvalue weighted by Gasteiger charge is 2.03. The SMILES string of the molecule is CCCCCCCCCCCCOC(=O)CCc1cccnc1. The van der Waals surface area contributed by atoms with Crippen LogP contribution in [0.5, 0.6) is 0 Å². The number of carbonyl (C=O) groups is 1. The molecular weight excluding hydrogens is 286 g/mol. The summed E-state index contributed by atoms with van der Waals surface area (Å²) >= 11 is 0. The minimum Gasteiger partial charge on any atom is -0.466 e. The Hall–Kier alpha value is -1.38. The molecule has 0 unspecified atom stereocenters. The second-order valence-electron chi connectivity index (χ2n) is 6.26. The Morgan fingerprint density at radius 1 is 1.00 bits per heavy atom. The minimum absolute atomic E-state index is 0.0928. The van der Waals surface area contributed by atoms with Crippen molar-refractivity contribution >= 4 is 5.97 Å². The van der Waals surface area contributed by atoms with Crippen LogP contribution in [-0.2, 0) is 16.0 Å². The summed E-state index contributed by atoms with van der Waals surface area (Å²) < 4.78 is 5.28. The molecular formula is C20H33NO2. The van der Waals surface area contributed by atoms with Crippen molar-refractivity contribution in [3.8, 4) is 0 Å². The summed E-state index contributed by atoms with van der Waals surface area (Å²) in [5.41, 5.74) is 1.09. The second-order valence-corrected chi connectivity index (χ2v) is 6.26. The van der Waals surface area contributed by atoms with Crippen molar-refractivity contribution in [2.45, 2.75) is 84.0 Å². The van der Waals surface area contributed by atoms with Gasteiger partial charge in [0.2, 0.25) is 0 Å². The van der Waals surface area contributed by atoms with Crippen molar-refractivity contribution in [2.75, 3.05) is 6.61 Å². The second kappa shape index (κ2) is 14.2. The third-order valence-electron chi connectivity index (χ3n) is 4.10. The third-order valence-corrected chi connectivity index (χ3v) is 4.10. The van der Waals surface area contributed by atoms with Crippen LogP contribution in [0.25, 0.3) is 0 Å². The van der Waals surface area contributed by atoms with E-state index in [1.165, 1.54) is 57.8 Å². The Balaban J connectivity index is 1.84. The molecule has 0 amide bonds. The normalized spacial score (nSPS) is 10.7. The highest BCUT2D eigenvalue weighted by molar-refractivity contribution is 5.69. The smallest absolute Gasteiger partial charge is 0.306 e. The molecule has 1 aromatic heterocycles. The molecule has 0 saturated carbocycles. The minimum atomic E-state index is -0.0928. The molecule has 3 heteroatoms. The highest BCUT2D eigenvalue weighted by Crippen LogP contribution is 2.10. The summed E-state index contributed by atoms with van der Waals surface area (Å²) in [5.74, 6) is -0.0928. The average Bonchev–Trinajstić information content (AvgIpc) is 2.59. The Morgan fingerprint density at radius 2 is 1.65 bits per heavy atom. The molecule has 23 heavy (non-hydrogen) atoms. The quantitative estimate of drug-likeness (QED) is 0.337. The Bertz CT molecular complexity index is 392. The van der Waals surface area contributed by atoms with E-state index in [0.717, 1.165) is 12.0 Å². The summed E-state index contributed by atoms with van der Waals surface area (Å²) in [5, 5.41) is 0. The molecule has 0 fully saturated rings. The zero-order valence-corrected chi connectivity index (χ0v) is 14.8. The highest BCUT2D eigenvalue weighted by atomic mass is 16.5. The summed E-state index contributed by atoms with van der Waals surface area (Å²) in [7, 11) is 0. The van der Waals surface area contributed by atoms with Crippen molar-refractivity contribution in [2.24, 2.45) is 0 Å². The van der Waals surface area contributed by atoms with Crippen LogP contribution >= 0.6 is 0 Å². The van der Waals surface area contributed by atoms with E-state index in [-0.39, 0.29) is 5.97 Å². The number of rotatable bonds is 14. The van der Waals surface area contributed by atoms with E-state index >= 15 is 0 Å². The van der Waals surface area contributed by atoms with Crippen molar-refractivity contribution in [1.82, 2.24) is 4.98 Å². The fourth-order valence-electron chi connectivity index (χ4n) is 2.64. The molecule has 0 aliphatic heterocycles. The number of pyridine rings is 1. The van der Waals surface area contributed by atoms with Crippen LogP contribution in [0, 0.1) is 0 Å². The lowest BCUT2D eigenvalue weighted by Crippen LogP contribution is -2.07. The van der Waals surface area contributed by atoms with Crippen LogP contribution in [0.3, 0.4) is 0 Å². The summed E-state index contributed by atoms with van der Waals surface area (Å²) in [6, 6.07) is 3.88. The number of carbonyl (C=O) groups excluding carboxylic acids is 1. The molecule has 0 aliphatic rings. The summed E-state index contributed by atoms with van der Waals surface area (Å²) in [6.45, 7) is 2.83. The summed E-state index contributed by atoms with van der Waals surface area (Å²) in [4.78, 5) is 15.7. The Morgan fingerprint density at radius 3 is 2.26 bits per heavy atom. The predicted molar refractivity (Wildman–Crippen MR) is 95.4 cm³/mol. The van der Waals surface area contributed by atoms with Gasteiger partial charge in [0.15, 0.2) is 0 Å². The summed E-state index contributed by atoms with van der Waals surface area (Å²) in [6.07, 6.45) is 17.7. The fraction of sp³-hybridized carbons (Fsp3) is 0.700. The molecule has 0 spiro atoms. The van der Waals surface area contributed by atoms with E-state index in [9.17, 15) is 4.79 Å². The van der Waals surface area contributed by atoms with Gasteiger partial charge in [0, 0.05) is 18.8 Å². The number of hydrogen-bond donors (Lipinski definition) is 0. The molecule has 0 aromatic carbocycles. The zero-order chi connectivity index (χ0) is 16.6. The molecule has 1 aromatic rings. The first kappa shape index (κ1) is 19.7. The monoisotopic (exact) mass is 319 g/mol. The van der Waals surface area contributed by atoms with Gasteiger partial charge >= 0.3 is 5.97 Å². The van der Waals surface area contributed by atoms with Gasteiger partial charge in [-0.25, -0.2) is 0 Å². The van der Waals surface area contributed by atoms with Gasteiger partial charge in [-0.05, 0) is 24.5 Å². The van der Waals surface area contributed by atoms with Gasteiger partial charge in [-0.15, -0.1) is 0 Å². The first-order valence-corrected chi connectivity index (χ1v) is 9.37. The first-order chi connectivity index (χ1) is 11.3. The van der Waals surface area contributed by atoms with Gasteiger partial charge in [0.05, 0.1) is 6.61 Å². The van der Waals surface area contributed by atoms with Gasteiger partial charge < -0.3 is 4.74 Å². The van der Waals surface area contributed by atoms with Gasteiger partial charge in [-0.1, -0.05) is 70.8 Å². The predicted octanol–water partition coefficient (Wildman–Crippen LogP) is 5.48. The van der Waals surface area contributed by atoms with E-state index in [4.69, 9.17) is 4.74 Å². The largest absolute Gasteiger partial charge is 0.466 e. The van der Waals surface area contributed by atoms with E-state index in [1.54, 1.807) is 12.4 Å². The number of nitrogens with zero attached hydrogens (tertiary/aromatic N) is 1. The van der Waals surface area contributed by atoms with Gasteiger partial charge in [-0.3, -0.25) is 9.78 Å². The zero-order valence-electron chi connectivity index (χ0n) is 14.8. The van der Waals surface area contributed by atoms with Crippen LogP contribution in [0.4, 0.5) is 0 Å². The third kappa shape index (κ3) is 11.8. The number of aromatic nitrogens is 1. The maximum Gasteiger partial charge on any atom is 0.306 e. The number of unbranched alkanes of at least 4 members (excludes halogenated alkanes) is 9.